The molecular formula is C13H14N4O3. The molecule has 1 fully saturated rings. The second-order valence-electron chi connectivity index (χ2n) is 4.49. The number of hydrogen-bond acceptors (Lipinski definition) is 6. The maximum absolute atomic E-state index is 10.9. The molecule has 1 aromatic heterocycles. The Morgan fingerprint density at radius 2 is 2.35 bits per heavy atom. The third-order valence-corrected chi connectivity index (χ3v) is 2.99. The number of carbonyl (C=O) groups is 1. The van der Waals surface area contributed by atoms with Crippen molar-refractivity contribution in [3.05, 3.63) is 40.7 Å². The molecule has 20 heavy (non-hydrogen) atoms. The molecule has 0 saturated heterocycles. The Morgan fingerprint density at radius 3 is 2.90 bits per heavy atom. The molecule has 104 valence electrons. The van der Waals surface area contributed by atoms with Gasteiger partial charge in [-0.3, -0.25) is 0 Å². The monoisotopic (exact) mass is 274 g/mol. The molecule has 0 bridgehead atoms. The fourth-order valence-electron chi connectivity index (χ4n) is 1.72. The number of carboxylic acids is 1. The summed E-state index contributed by atoms with van der Waals surface area (Å²) < 4.78 is 0. The maximum atomic E-state index is 10.9. The van der Waals surface area contributed by atoms with E-state index in [-0.39, 0.29) is 17.2 Å². The highest BCUT2D eigenvalue weighted by Gasteiger charge is 2.21. The zero-order valence-corrected chi connectivity index (χ0v) is 10.8. The van der Waals surface area contributed by atoms with Crippen molar-refractivity contribution >= 4 is 18.5 Å². The summed E-state index contributed by atoms with van der Waals surface area (Å²) in [5.41, 5.74) is 0.0519. The quantitative estimate of drug-likeness (QED) is 0.468. The first kappa shape index (κ1) is 13.9. The number of aromatic carboxylic acids is 1. The molecule has 0 aliphatic heterocycles. The Kier molecular flexibility index (Phi) is 4.19. The van der Waals surface area contributed by atoms with Crippen LogP contribution in [0.3, 0.4) is 0 Å². The Hall–Kier alpha value is -2.57. The predicted octanol–water partition coefficient (Wildman–Crippen LogP) is 2.61. The number of nitroso groups, excluding NO2 is 1. The number of hydrazone groups is 1. The number of hydrogen-bond donors (Lipinski definition) is 1. The minimum absolute atomic E-state index is 0.0519. The van der Waals surface area contributed by atoms with E-state index < -0.39 is 5.97 Å². The molecule has 1 N–H and O–H groups in total. The van der Waals surface area contributed by atoms with Crippen LogP contribution >= 0.6 is 0 Å². The average molecular weight is 274 g/mol. The lowest BCUT2D eigenvalue weighted by Gasteiger charge is -2.15. The van der Waals surface area contributed by atoms with E-state index in [1.165, 1.54) is 18.3 Å². The number of pyridine rings is 1. The van der Waals surface area contributed by atoms with Gasteiger partial charge in [0.05, 0.1) is 5.56 Å². The van der Waals surface area contributed by atoms with Gasteiger partial charge in [0.2, 0.25) is 0 Å². The van der Waals surface area contributed by atoms with Gasteiger partial charge >= 0.3 is 5.97 Å². The van der Waals surface area contributed by atoms with Crippen LogP contribution in [0.25, 0.3) is 0 Å². The summed E-state index contributed by atoms with van der Waals surface area (Å²) in [6.45, 7) is 3.37. The summed E-state index contributed by atoms with van der Waals surface area (Å²) in [5.74, 6) is -0.222. The molecule has 0 spiro atoms. The molecule has 2 rings (SSSR count). The van der Waals surface area contributed by atoms with Crippen LogP contribution in [0, 0.1) is 10.8 Å². The van der Waals surface area contributed by atoms with Crippen LogP contribution in [0.4, 0.5) is 5.82 Å². The number of aromatic nitrogens is 1. The van der Waals surface area contributed by atoms with Crippen molar-refractivity contribution in [1.82, 2.24) is 4.98 Å². The van der Waals surface area contributed by atoms with E-state index in [0.717, 1.165) is 24.3 Å². The van der Waals surface area contributed by atoms with E-state index in [1.807, 2.05) is 0 Å². The van der Waals surface area contributed by atoms with E-state index in [2.05, 4.69) is 22.0 Å². The normalized spacial score (nSPS) is 14.7. The summed E-state index contributed by atoms with van der Waals surface area (Å²) in [4.78, 5) is 25.9. The number of anilines is 1. The molecule has 0 radical (unpaired) electrons. The van der Waals surface area contributed by atoms with E-state index in [0.29, 0.717) is 5.92 Å². The molecule has 1 saturated carbocycles. The smallest absolute Gasteiger partial charge is 0.335 e. The highest BCUT2D eigenvalue weighted by molar-refractivity contribution is 5.88. The number of rotatable bonds is 7. The van der Waals surface area contributed by atoms with Crippen molar-refractivity contribution in [1.29, 1.82) is 0 Å². The van der Waals surface area contributed by atoms with Crippen LogP contribution in [0.2, 0.25) is 0 Å². The third kappa shape index (κ3) is 3.25. The van der Waals surface area contributed by atoms with E-state index in [9.17, 15) is 9.70 Å². The molecule has 1 heterocycles. The van der Waals surface area contributed by atoms with E-state index >= 15 is 0 Å². The van der Waals surface area contributed by atoms with E-state index in [4.69, 9.17) is 5.11 Å². The van der Waals surface area contributed by atoms with Gasteiger partial charge in [-0.1, -0.05) is 0 Å². The largest absolute Gasteiger partial charge is 0.478 e. The van der Waals surface area contributed by atoms with Crippen LogP contribution < -0.4 is 5.01 Å². The minimum atomic E-state index is -1.08. The zero-order chi connectivity index (χ0) is 14.5. The molecule has 0 atom stereocenters. The van der Waals surface area contributed by atoms with Crippen molar-refractivity contribution in [3.8, 4) is 0 Å². The summed E-state index contributed by atoms with van der Waals surface area (Å²) in [6, 6.07) is 2.67. The summed E-state index contributed by atoms with van der Waals surface area (Å²) in [6.07, 6.45) is 6.05. The summed E-state index contributed by atoms with van der Waals surface area (Å²) >= 11 is 0. The Morgan fingerprint density at radius 1 is 1.60 bits per heavy atom. The minimum Gasteiger partial charge on any atom is -0.478 e. The van der Waals surface area contributed by atoms with Crippen molar-refractivity contribution in [3.63, 3.8) is 0 Å². The number of carboxylic acid groups (broad SMARTS) is 1. The van der Waals surface area contributed by atoms with Crippen LogP contribution in [0.1, 0.15) is 29.6 Å². The van der Waals surface area contributed by atoms with Gasteiger partial charge in [0.15, 0.2) is 11.6 Å². The van der Waals surface area contributed by atoms with Gasteiger partial charge in [-0.2, -0.15) is 10.1 Å². The van der Waals surface area contributed by atoms with Crippen LogP contribution in [-0.2, 0) is 0 Å². The highest BCUT2D eigenvalue weighted by atomic mass is 16.4. The molecule has 7 nitrogen and oxygen atoms in total. The van der Waals surface area contributed by atoms with Crippen molar-refractivity contribution in [2.45, 2.75) is 19.3 Å². The Labute approximate surface area is 115 Å². The first-order valence-corrected chi connectivity index (χ1v) is 6.15. The molecule has 0 unspecified atom stereocenters. The standard InChI is InChI=1S/C13H14N4O3/c1-14-17(11(16-20)5-4-9-2-3-9)12-8-10(13(18)19)6-7-15-12/h5-9H,1-4H2,(H,18,19)/b11-5-. The SMILES string of the molecule is C=NN(/C(=C\CC1CC1)N=O)c1cc(C(=O)O)ccn1. The topological polar surface area (TPSA) is 95.2 Å². The average Bonchev–Trinajstić information content (AvgIpc) is 3.27. The fraction of sp³-hybridized carbons (Fsp3) is 0.308. The van der Waals surface area contributed by atoms with Crippen molar-refractivity contribution < 1.29 is 9.90 Å². The summed E-state index contributed by atoms with van der Waals surface area (Å²) in [7, 11) is 0. The molecule has 1 aromatic rings. The Balaban J connectivity index is 2.27. The molecule has 0 aromatic carbocycles. The van der Waals surface area contributed by atoms with E-state index in [1.54, 1.807) is 6.08 Å². The van der Waals surface area contributed by atoms with Gasteiger partial charge in [0.1, 0.15) is 0 Å². The molecule has 1 aliphatic rings. The zero-order valence-electron chi connectivity index (χ0n) is 10.8. The molecule has 0 amide bonds. The lowest BCUT2D eigenvalue weighted by molar-refractivity contribution is 0.0697. The maximum Gasteiger partial charge on any atom is 0.335 e. The number of nitrogens with zero attached hydrogens (tertiary/aromatic N) is 4. The lowest BCUT2D eigenvalue weighted by atomic mass is 10.2. The Bertz CT molecular complexity index is 566. The van der Waals surface area contributed by atoms with Gasteiger partial charge in [-0.15, -0.1) is 4.91 Å². The molecular weight excluding hydrogens is 260 g/mol. The van der Waals surface area contributed by atoms with Crippen LogP contribution in [0.15, 0.2) is 40.5 Å². The second-order valence-corrected chi connectivity index (χ2v) is 4.49. The first-order chi connectivity index (χ1) is 9.65. The van der Waals surface area contributed by atoms with Gasteiger partial charge < -0.3 is 5.11 Å². The lowest BCUT2D eigenvalue weighted by Crippen LogP contribution is -2.15. The molecule has 7 heteroatoms. The third-order valence-electron chi connectivity index (χ3n) is 2.99. The first-order valence-electron chi connectivity index (χ1n) is 6.15. The number of allylic oxidation sites excluding steroid dienone is 1. The van der Waals surface area contributed by atoms with Crippen LogP contribution in [0.5, 0.6) is 0 Å². The summed E-state index contributed by atoms with van der Waals surface area (Å²) in [5, 5.41) is 16.7. The predicted molar refractivity (Wildman–Crippen MR) is 74.4 cm³/mol. The van der Waals surface area contributed by atoms with Crippen LogP contribution in [-0.4, -0.2) is 22.8 Å². The van der Waals surface area contributed by atoms with Gasteiger partial charge in [-0.25, -0.2) is 9.78 Å². The van der Waals surface area contributed by atoms with Crippen molar-refractivity contribution in [2.75, 3.05) is 5.01 Å². The van der Waals surface area contributed by atoms with Gasteiger partial charge in [0.25, 0.3) is 0 Å². The van der Waals surface area contributed by atoms with Crippen molar-refractivity contribution in [2.24, 2.45) is 16.2 Å². The van der Waals surface area contributed by atoms with Gasteiger partial charge in [-0.05, 0) is 48.6 Å². The second kappa shape index (κ2) is 6.05. The van der Waals surface area contributed by atoms with Gasteiger partial charge in [0, 0.05) is 12.9 Å². The fourth-order valence-corrected chi connectivity index (χ4v) is 1.72. The highest BCUT2D eigenvalue weighted by Crippen LogP contribution is 2.33. The molecule has 1 aliphatic carbocycles.